The van der Waals surface area contributed by atoms with Gasteiger partial charge in [0.15, 0.2) is 0 Å². The summed E-state index contributed by atoms with van der Waals surface area (Å²) in [6.07, 6.45) is 1.42. The molecule has 1 N–H and O–H groups in total. The highest BCUT2D eigenvalue weighted by molar-refractivity contribution is 7.10. The first-order chi connectivity index (χ1) is 11.7. The minimum atomic E-state index is -0.666. The lowest BCUT2D eigenvalue weighted by molar-refractivity contribution is -0.143. The Bertz CT molecular complexity index is 663. The van der Waals surface area contributed by atoms with Crippen molar-refractivity contribution in [2.75, 3.05) is 19.7 Å². The predicted molar refractivity (Wildman–Crippen MR) is 95.7 cm³/mol. The number of hydrogen-bond donors (Lipinski definition) is 1. The third-order valence-corrected chi connectivity index (χ3v) is 5.47. The summed E-state index contributed by atoms with van der Waals surface area (Å²) >= 11 is 1.75. The molecule has 1 aromatic carbocycles. The zero-order valence-electron chi connectivity index (χ0n) is 13.9. The van der Waals surface area contributed by atoms with Gasteiger partial charge in [-0.1, -0.05) is 18.2 Å². The molecular formula is C19H23NO3S. The number of carboxylic acids is 1. The molecule has 0 amide bonds. The van der Waals surface area contributed by atoms with E-state index in [0.29, 0.717) is 19.4 Å². The van der Waals surface area contributed by atoms with Gasteiger partial charge in [-0.05, 0) is 62.0 Å². The van der Waals surface area contributed by atoms with Crippen LogP contribution in [0.1, 0.15) is 36.2 Å². The van der Waals surface area contributed by atoms with Crippen molar-refractivity contribution >= 4 is 17.3 Å². The lowest BCUT2D eigenvalue weighted by Crippen LogP contribution is -2.39. The van der Waals surface area contributed by atoms with Crippen LogP contribution in [0, 0.1) is 5.92 Å². The molecule has 1 unspecified atom stereocenters. The van der Waals surface area contributed by atoms with E-state index < -0.39 is 5.97 Å². The molecule has 0 spiro atoms. The molecule has 4 nitrogen and oxygen atoms in total. The van der Waals surface area contributed by atoms with Crippen LogP contribution in [-0.4, -0.2) is 35.7 Å². The second-order valence-corrected chi connectivity index (χ2v) is 7.05. The van der Waals surface area contributed by atoms with E-state index in [1.165, 1.54) is 10.4 Å². The topological polar surface area (TPSA) is 49.8 Å². The highest BCUT2D eigenvalue weighted by Crippen LogP contribution is 2.35. The van der Waals surface area contributed by atoms with Crippen molar-refractivity contribution in [3.8, 4) is 5.75 Å². The summed E-state index contributed by atoms with van der Waals surface area (Å²) in [5.74, 6) is 0.0117. The number of carbonyl (C=O) groups is 1. The minimum absolute atomic E-state index is 0.167. The van der Waals surface area contributed by atoms with E-state index in [2.05, 4.69) is 34.5 Å². The van der Waals surface area contributed by atoms with Gasteiger partial charge < -0.3 is 9.84 Å². The summed E-state index contributed by atoms with van der Waals surface area (Å²) in [6.45, 7) is 4.24. The zero-order valence-corrected chi connectivity index (χ0v) is 14.7. The van der Waals surface area contributed by atoms with E-state index >= 15 is 0 Å². The highest BCUT2D eigenvalue weighted by atomic mass is 32.1. The number of thiophene rings is 1. The summed E-state index contributed by atoms with van der Waals surface area (Å²) in [5, 5.41) is 11.3. The van der Waals surface area contributed by atoms with Gasteiger partial charge in [0.05, 0.1) is 18.6 Å². The quantitative estimate of drug-likeness (QED) is 0.859. The van der Waals surface area contributed by atoms with Crippen LogP contribution in [0.2, 0.25) is 0 Å². The lowest BCUT2D eigenvalue weighted by Gasteiger charge is -2.36. The average Bonchev–Trinajstić information content (AvgIpc) is 3.10. The van der Waals surface area contributed by atoms with Gasteiger partial charge in [-0.3, -0.25) is 9.69 Å². The number of benzene rings is 1. The standard InChI is InChI=1S/C19H23NO3S/c1-2-23-16-6-3-5-15(13-16)18(17-7-4-12-24-17)20-10-8-14(9-11-20)19(21)22/h3-7,12-14,18H,2,8-11H2,1H3,(H,21,22). The van der Waals surface area contributed by atoms with Crippen molar-refractivity contribution in [3.05, 3.63) is 52.2 Å². The Labute approximate surface area is 146 Å². The van der Waals surface area contributed by atoms with E-state index in [1.807, 2.05) is 19.1 Å². The molecule has 1 fully saturated rings. The van der Waals surface area contributed by atoms with Gasteiger partial charge in [0, 0.05) is 4.88 Å². The Balaban J connectivity index is 1.85. The van der Waals surface area contributed by atoms with E-state index in [0.717, 1.165) is 18.8 Å². The smallest absolute Gasteiger partial charge is 0.306 e. The Morgan fingerprint density at radius 1 is 1.33 bits per heavy atom. The number of piperidine rings is 1. The first-order valence-corrected chi connectivity index (χ1v) is 9.30. The van der Waals surface area contributed by atoms with Crippen molar-refractivity contribution in [1.82, 2.24) is 4.90 Å². The van der Waals surface area contributed by atoms with Gasteiger partial charge in [-0.2, -0.15) is 0 Å². The van der Waals surface area contributed by atoms with Crippen LogP contribution in [0.3, 0.4) is 0 Å². The van der Waals surface area contributed by atoms with Crippen LogP contribution >= 0.6 is 11.3 Å². The van der Waals surface area contributed by atoms with E-state index in [4.69, 9.17) is 4.74 Å². The van der Waals surface area contributed by atoms with Crippen molar-refractivity contribution < 1.29 is 14.6 Å². The summed E-state index contributed by atoms with van der Waals surface area (Å²) in [6, 6.07) is 12.7. The van der Waals surface area contributed by atoms with Gasteiger partial charge in [0.25, 0.3) is 0 Å². The molecule has 128 valence electrons. The largest absolute Gasteiger partial charge is 0.494 e. The van der Waals surface area contributed by atoms with Crippen LogP contribution in [0.5, 0.6) is 5.75 Å². The number of likely N-dealkylation sites (tertiary alicyclic amines) is 1. The molecule has 1 aliphatic rings. The predicted octanol–water partition coefficient (Wildman–Crippen LogP) is 4.03. The van der Waals surface area contributed by atoms with E-state index in [9.17, 15) is 9.90 Å². The molecule has 0 bridgehead atoms. The van der Waals surface area contributed by atoms with Crippen LogP contribution in [-0.2, 0) is 4.79 Å². The first-order valence-electron chi connectivity index (χ1n) is 8.42. The molecule has 1 atom stereocenters. The van der Waals surface area contributed by atoms with Crippen LogP contribution in [0.25, 0.3) is 0 Å². The summed E-state index contributed by atoms with van der Waals surface area (Å²) in [4.78, 5) is 14.9. The van der Waals surface area contributed by atoms with Gasteiger partial charge in [0.1, 0.15) is 5.75 Å². The normalized spacial score (nSPS) is 17.5. The lowest BCUT2D eigenvalue weighted by atomic mass is 9.94. The van der Waals surface area contributed by atoms with Gasteiger partial charge in [0.2, 0.25) is 0 Å². The average molecular weight is 345 g/mol. The molecule has 1 saturated heterocycles. The molecule has 5 heteroatoms. The third kappa shape index (κ3) is 3.79. The van der Waals surface area contributed by atoms with Crippen molar-refractivity contribution in [2.45, 2.75) is 25.8 Å². The monoisotopic (exact) mass is 345 g/mol. The summed E-state index contributed by atoms with van der Waals surface area (Å²) in [7, 11) is 0. The maximum absolute atomic E-state index is 11.2. The number of carboxylic acid groups (broad SMARTS) is 1. The Morgan fingerprint density at radius 3 is 2.75 bits per heavy atom. The molecule has 1 aliphatic heterocycles. The SMILES string of the molecule is CCOc1cccc(C(c2cccs2)N2CCC(C(=O)O)CC2)c1. The third-order valence-electron chi connectivity index (χ3n) is 4.54. The van der Waals surface area contributed by atoms with Crippen LogP contribution in [0.15, 0.2) is 41.8 Å². The number of hydrogen-bond acceptors (Lipinski definition) is 4. The molecular weight excluding hydrogens is 322 g/mol. The molecule has 24 heavy (non-hydrogen) atoms. The Morgan fingerprint density at radius 2 is 2.12 bits per heavy atom. The molecule has 0 radical (unpaired) electrons. The number of ether oxygens (including phenoxy) is 1. The number of aliphatic carboxylic acids is 1. The summed E-state index contributed by atoms with van der Waals surface area (Å²) < 4.78 is 5.66. The van der Waals surface area contributed by atoms with Crippen LogP contribution in [0.4, 0.5) is 0 Å². The van der Waals surface area contributed by atoms with Gasteiger partial charge in [-0.15, -0.1) is 11.3 Å². The van der Waals surface area contributed by atoms with Gasteiger partial charge >= 0.3 is 5.97 Å². The van der Waals surface area contributed by atoms with Gasteiger partial charge in [-0.25, -0.2) is 0 Å². The zero-order chi connectivity index (χ0) is 16.9. The Hall–Kier alpha value is -1.85. The maximum atomic E-state index is 11.2. The highest BCUT2D eigenvalue weighted by Gasteiger charge is 2.30. The van der Waals surface area contributed by atoms with E-state index in [-0.39, 0.29) is 12.0 Å². The minimum Gasteiger partial charge on any atom is -0.494 e. The second-order valence-electron chi connectivity index (χ2n) is 6.07. The number of nitrogens with zero attached hydrogens (tertiary/aromatic N) is 1. The van der Waals surface area contributed by atoms with Crippen molar-refractivity contribution in [2.24, 2.45) is 5.92 Å². The molecule has 2 aromatic rings. The van der Waals surface area contributed by atoms with Crippen molar-refractivity contribution in [3.63, 3.8) is 0 Å². The molecule has 2 heterocycles. The molecule has 0 saturated carbocycles. The van der Waals surface area contributed by atoms with Crippen LogP contribution < -0.4 is 4.74 Å². The molecule has 0 aliphatic carbocycles. The fraction of sp³-hybridized carbons (Fsp3) is 0.421. The molecule has 3 rings (SSSR count). The fourth-order valence-corrected chi connectivity index (χ4v) is 4.23. The Kier molecular flexibility index (Phi) is 5.53. The second kappa shape index (κ2) is 7.81. The first kappa shape index (κ1) is 17.0. The van der Waals surface area contributed by atoms with E-state index in [1.54, 1.807) is 11.3 Å². The van der Waals surface area contributed by atoms with Crippen molar-refractivity contribution in [1.29, 1.82) is 0 Å². The summed E-state index contributed by atoms with van der Waals surface area (Å²) in [5.41, 5.74) is 1.21. The molecule has 1 aromatic heterocycles. The maximum Gasteiger partial charge on any atom is 0.306 e. The fourth-order valence-electron chi connectivity index (χ4n) is 3.35. The number of rotatable bonds is 6.